The first-order valence-electron chi connectivity index (χ1n) is 20.2. The zero-order valence-corrected chi connectivity index (χ0v) is 33.5. The average molecular weight is 822 g/mol. The van der Waals surface area contributed by atoms with E-state index in [4.69, 9.17) is 58.8 Å². The molecular weight excluding hydrogens is 770 g/mol. The molecule has 4 aromatic rings. The SMILES string of the molecule is CC1(C)O[C@H]2[C@@H](O1)C(C#N)(c1ccc3c(N)ncnn13)O[C@@H]2COC1CCCCO1.CC1(C)O[C@H]2[C@@H](O1)C(O)(c1ccc3c(N)ncnn13)O[C@@H]2COC1CCCCO1. The molecule has 4 unspecified atom stereocenters. The summed E-state index contributed by atoms with van der Waals surface area (Å²) in [5.41, 5.74) is 12.6. The first-order chi connectivity index (χ1) is 28.3. The van der Waals surface area contributed by atoms with Crippen LogP contribution in [0.2, 0.25) is 0 Å². The number of nitriles is 1. The second-order valence-electron chi connectivity index (χ2n) is 16.5. The summed E-state index contributed by atoms with van der Waals surface area (Å²) in [6.07, 6.45) is 4.58. The van der Waals surface area contributed by atoms with Crippen molar-refractivity contribution in [3.63, 3.8) is 0 Å². The molecule has 10 rings (SSSR count). The van der Waals surface area contributed by atoms with E-state index in [0.29, 0.717) is 47.3 Å². The number of nitrogens with zero attached hydrogens (tertiary/aromatic N) is 7. The highest BCUT2D eigenvalue weighted by Gasteiger charge is 2.66. The van der Waals surface area contributed by atoms with Gasteiger partial charge in [0.05, 0.1) is 18.9 Å². The molecule has 6 aliphatic rings. The number of fused-ring (bicyclic) bond motifs is 4. The summed E-state index contributed by atoms with van der Waals surface area (Å²) in [5, 5.41) is 30.4. The summed E-state index contributed by atoms with van der Waals surface area (Å²) in [7, 11) is 0. The Bertz CT molecular complexity index is 2180. The Balaban J connectivity index is 0.000000152. The number of rotatable bonds is 8. The van der Waals surface area contributed by atoms with E-state index in [9.17, 15) is 10.4 Å². The van der Waals surface area contributed by atoms with Gasteiger partial charge in [-0.25, -0.2) is 19.0 Å². The number of hydrogen-bond donors (Lipinski definition) is 3. The molecule has 20 heteroatoms. The van der Waals surface area contributed by atoms with Gasteiger partial charge in [-0.1, -0.05) is 0 Å². The van der Waals surface area contributed by atoms with Gasteiger partial charge in [-0.15, -0.1) is 0 Å². The van der Waals surface area contributed by atoms with Crippen molar-refractivity contribution in [1.82, 2.24) is 29.2 Å². The van der Waals surface area contributed by atoms with E-state index in [1.165, 1.54) is 17.2 Å². The Morgan fingerprint density at radius 3 is 1.76 bits per heavy atom. The summed E-state index contributed by atoms with van der Waals surface area (Å²) in [6.45, 7) is 9.10. The zero-order chi connectivity index (χ0) is 41.2. The molecule has 6 aliphatic heterocycles. The van der Waals surface area contributed by atoms with Crippen molar-refractivity contribution in [1.29, 1.82) is 5.26 Å². The number of nitrogens with two attached hydrogens (primary N) is 2. The fourth-order valence-corrected chi connectivity index (χ4v) is 8.84. The monoisotopic (exact) mass is 821 g/mol. The minimum absolute atomic E-state index is 0.216. The van der Waals surface area contributed by atoms with Crippen molar-refractivity contribution in [3.05, 3.63) is 48.3 Å². The predicted octanol–water partition coefficient (Wildman–Crippen LogP) is 2.41. The molecule has 20 nitrogen and oxygen atoms in total. The Labute approximate surface area is 339 Å². The quantitative estimate of drug-likeness (QED) is 0.231. The second-order valence-corrected chi connectivity index (χ2v) is 16.5. The molecule has 0 aliphatic carbocycles. The topological polar surface area (TPSA) is 249 Å². The van der Waals surface area contributed by atoms with Gasteiger partial charge >= 0.3 is 0 Å². The Morgan fingerprint density at radius 2 is 1.22 bits per heavy atom. The van der Waals surface area contributed by atoms with E-state index in [0.717, 1.165) is 38.5 Å². The van der Waals surface area contributed by atoms with Crippen LogP contribution in [0, 0.1) is 11.3 Å². The molecule has 0 aromatic carbocycles. The van der Waals surface area contributed by atoms with E-state index in [1.807, 2.05) is 27.7 Å². The number of aromatic nitrogens is 6. The van der Waals surface area contributed by atoms with Crippen molar-refractivity contribution in [3.8, 4) is 6.07 Å². The van der Waals surface area contributed by atoms with Crippen molar-refractivity contribution in [2.45, 2.75) is 138 Å². The third kappa shape index (κ3) is 7.31. The smallest absolute Gasteiger partial charge is 0.240 e. The van der Waals surface area contributed by atoms with Crippen LogP contribution in [0.25, 0.3) is 11.0 Å². The first kappa shape index (κ1) is 40.3. The highest BCUT2D eigenvalue weighted by Crippen LogP contribution is 2.50. The van der Waals surface area contributed by atoms with Gasteiger partial charge in [0.2, 0.25) is 11.4 Å². The molecule has 0 spiro atoms. The van der Waals surface area contributed by atoms with E-state index in [1.54, 1.807) is 28.8 Å². The third-order valence-electron chi connectivity index (χ3n) is 11.5. The minimum atomic E-state index is -1.78. The van der Waals surface area contributed by atoms with Crippen LogP contribution in [0.1, 0.15) is 77.6 Å². The first-order valence-corrected chi connectivity index (χ1v) is 20.2. The maximum atomic E-state index is 11.6. The number of aliphatic hydroxyl groups is 1. The van der Waals surface area contributed by atoms with Gasteiger partial charge in [-0.05, 0) is 90.5 Å². The molecule has 6 fully saturated rings. The summed E-state index contributed by atoms with van der Waals surface area (Å²) >= 11 is 0. The van der Waals surface area contributed by atoms with Gasteiger partial charge in [-0.2, -0.15) is 15.5 Å². The fourth-order valence-electron chi connectivity index (χ4n) is 8.84. The van der Waals surface area contributed by atoms with Crippen LogP contribution in [0.5, 0.6) is 0 Å². The fraction of sp³-hybridized carbons (Fsp3) is 0.667. The van der Waals surface area contributed by atoms with Crippen LogP contribution >= 0.6 is 0 Å². The Hall–Kier alpha value is -4.11. The van der Waals surface area contributed by atoms with Gasteiger partial charge in [0, 0.05) is 13.2 Å². The van der Waals surface area contributed by atoms with Crippen molar-refractivity contribution in [2.24, 2.45) is 0 Å². The molecule has 10 heterocycles. The molecule has 59 heavy (non-hydrogen) atoms. The van der Waals surface area contributed by atoms with Gasteiger partial charge in [0.1, 0.15) is 72.1 Å². The normalized spacial score (nSPS) is 35.9. The van der Waals surface area contributed by atoms with Crippen molar-refractivity contribution in [2.75, 3.05) is 37.9 Å². The standard InChI is InChI=1S/C20H25N5O5.C19H26N4O6/c1-19(2)29-16-13(9-27-15-5-3-4-8-26-15)28-20(10-21,17(16)30-19)14-7-6-12-18(22)23-11-24-25(12)14;1-18(2)28-15-12(9-26-14-5-3-4-8-25-14)27-19(24,16(15)29-18)13-7-6-11-17(20)21-10-22-23(11)13/h6-7,11,13,15-17H,3-5,8-9H2,1-2H3,(H2,22,23,24);6-7,10,12,14-16,24H,3-5,8-9H2,1-2H3,(H2,20,21,22)/t13-,15?,16-,17-,20?;12-,14?,15-,16-,19?/m11/s1. The van der Waals surface area contributed by atoms with E-state index < -0.39 is 59.6 Å². The van der Waals surface area contributed by atoms with Crippen molar-refractivity contribution >= 4 is 22.7 Å². The number of ether oxygens (including phenoxy) is 10. The number of anilines is 2. The largest absolute Gasteiger partial charge is 0.382 e. The Kier molecular flexibility index (Phi) is 10.5. The summed E-state index contributed by atoms with van der Waals surface area (Å²) in [5.74, 6) is -2.89. The molecule has 0 radical (unpaired) electrons. The predicted molar refractivity (Wildman–Crippen MR) is 202 cm³/mol. The zero-order valence-electron chi connectivity index (χ0n) is 33.5. The third-order valence-corrected chi connectivity index (χ3v) is 11.5. The van der Waals surface area contributed by atoms with E-state index in [-0.39, 0.29) is 25.8 Å². The highest BCUT2D eigenvalue weighted by molar-refractivity contribution is 5.66. The van der Waals surface area contributed by atoms with Crippen LogP contribution in [0.15, 0.2) is 36.9 Å². The van der Waals surface area contributed by atoms with Crippen LogP contribution in [0.3, 0.4) is 0 Å². The molecule has 4 aromatic heterocycles. The molecule has 0 saturated carbocycles. The minimum Gasteiger partial charge on any atom is -0.382 e. The molecule has 6 saturated heterocycles. The summed E-state index contributed by atoms with van der Waals surface area (Å²) in [4.78, 5) is 8.00. The maximum absolute atomic E-state index is 11.6. The lowest BCUT2D eigenvalue weighted by molar-refractivity contribution is -0.292. The summed E-state index contributed by atoms with van der Waals surface area (Å²) in [6, 6.07) is 9.31. The summed E-state index contributed by atoms with van der Waals surface area (Å²) < 4.78 is 63.1. The van der Waals surface area contributed by atoms with Crippen LogP contribution in [-0.4, -0.2) is 122 Å². The molecular formula is C39H51N9O11. The maximum Gasteiger partial charge on any atom is 0.240 e. The van der Waals surface area contributed by atoms with Gasteiger partial charge in [0.15, 0.2) is 35.8 Å². The van der Waals surface area contributed by atoms with E-state index in [2.05, 4.69) is 26.2 Å². The lowest BCUT2D eigenvalue weighted by Crippen LogP contribution is -2.41. The Morgan fingerprint density at radius 1 is 0.712 bits per heavy atom. The number of hydrogen-bond acceptors (Lipinski definition) is 18. The average Bonchev–Trinajstić information content (AvgIpc) is 4.07. The molecule has 318 valence electrons. The lowest BCUT2D eigenvalue weighted by Gasteiger charge is -2.30. The molecule has 0 amide bonds. The highest BCUT2D eigenvalue weighted by atomic mass is 16.8. The van der Waals surface area contributed by atoms with Crippen LogP contribution < -0.4 is 11.5 Å². The molecule has 0 bridgehead atoms. The van der Waals surface area contributed by atoms with Crippen LogP contribution in [-0.2, 0) is 58.8 Å². The number of nitrogen functional groups attached to an aromatic ring is 2. The van der Waals surface area contributed by atoms with E-state index >= 15 is 0 Å². The van der Waals surface area contributed by atoms with Crippen LogP contribution in [0.4, 0.5) is 11.6 Å². The van der Waals surface area contributed by atoms with Crippen molar-refractivity contribution < 1.29 is 52.5 Å². The second kappa shape index (κ2) is 15.4. The molecule has 5 N–H and O–H groups in total. The molecule has 10 atom stereocenters. The van der Waals surface area contributed by atoms with Gasteiger partial charge < -0.3 is 63.9 Å². The van der Waals surface area contributed by atoms with Gasteiger partial charge in [0.25, 0.3) is 0 Å². The van der Waals surface area contributed by atoms with Gasteiger partial charge in [-0.3, -0.25) is 0 Å². The lowest BCUT2D eigenvalue weighted by atomic mass is 9.92.